The summed E-state index contributed by atoms with van der Waals surface area (Å²) in [6.07, 6.45) is 0. The molecule has 3 amide bonds. The smallest absolute Gasteiger partial charge is 0.318 e. The third-order valence-corrected chi connectivity index (χ3v) is 2.49. The molecule has 0 aliphatic rings. The Bertz CT molecular complexity index is 244. The summed E-state index contributed by atoms with van der Waals surface area (Å²) >= 11 is 1.14. The highest BCUT2D eigenvalue weighted by Crippen LogP contribution is 2.07. The van der Waals surface area contributed by atoms with Crippen molar-refractivity contribution in [3.8, 4) is 0 Å². The molecule has 0 rings (SSSR count). The fraction of sp³-hybridized carbons (Fsp3) is 0.571. The fourth-order valence-corrected chi connectivity index (χ4v) is 1.44. The van der Waals surface area contributed by atoms with E-state index in [1.54, 1.807) is 6.92 Å². The van der Waals surface area contributed by atoms with Crippen molar-refractivity contribution in [3.05, 3.63) is 0 Å². The Kier molecular flexibility index (Phi) is 5.70. The lowest BCUT2D eigenvalue weighted by Crippen LogP contribution is -2.36. The predicted molar refractivity (Wildman–Crippen MR) is 51.9 cm³/mol. The van der Waals surface area contributed by atoms with Gasteiger partial charge in [0.05, 0.1) is 11.7 Å². The van der Waals surface area contributed by atoms with E-state index in [2.05, 4.69) is 0 Å². The van der Waals surface area contributed by atoms with Crippen LogP contribution in [0.4, 0.5) is 4.79 Å². The number of imide groups is 1. The highest BCUT2D eigenvalue weighted by molar-refractivity contribution is 7.99. The molecule has 6 nitrogen and oxygen atoms in total. The molecular weight excluding hydrogens is 208 g/mol. The summed E-state index contributed by atoms with van der Waals surface area (Å²) in [7, 11) is 0. The molecule has 7 heteroatoms. The summed E-state index contributed by atoms with van der Waals surface area (Å²) in [5.41, 5.74) is 4.70. The number of carboxylic acid groups (broad SMARTS) is 1. The van der Waals surface area contributed by atoms with Crippen LogP contribution in [0.3, 0.4) is 0 Å². The Labute approximate surface area is 85.2 Å². The van der Waals surface area contributed by atoms with Crippen LogP contribution in [0.2, 0.25) is 0 Å². The molecule has 0 bridgehead atoms. The Balaban J connectivity index is 3.59. The molecule has 1 atom stereocenters. The van der Waals surface area contributed by atoms with Gasteiger partial charge in [0.1, 0.15) is 0 Å². The molecule has 14 heavy (non-hydrogen) atoms. The standard InChI is InChI=1S/C7H12N2O4S/c1-4(6(11)12)2-14-3-5(10)9-7(8)13/h4H,2-3H2,1H3,(H,11,12)(H3,8,9,10,13). The Morgan fingerprint density at radius 2 is 2.07 bits per heavy atom. The van der Waals surface area contributed by atoms with E-state index >= 15 is 0 Å². The summed E-state index contributed by atoms with van der Waals surface area (Å²) in [5, 5.41) is 10.4. The molecule has 0 heterocycles. The van der Waals surface area contributed by atoms with Crippen molar-refractivity contribution in [2.75, 3.05) is 11.5 Å². The zero-order chi connectivity index (χ0) is 11.1. The number of thioether (sulfide) groups is 1. The molecule has 0 aromatic rings. The van der Waals surface area contributed by atoms with Gasteiger partial charge in [0.2, 0.25) is 5.91 Å². The van der Waals surface area contributed by atoms with E-state index in [4.69, 9.17) is 10.8 Å². The molecule has 0 saturated carbocycles. The summed E-state index contributed by atoms with van der Waals surface area (Å²) < 4.78 is 0. The van der Waals surface area contributed by atoms with Crippen LogP contribution in [0.1, 0.15) is 6.92 Å². The minimum absolute atomic E-state index is 0.0283. The first-order valence-electron chi connectivity index (χ1n) is 3.83. The average molecular weight is 220 g/mol. The number of nitrogens with one attached hydrogen (secondary N) is 1. The van der Waals surface area contributed by atoms with E-state index in [0.717, 1.165) is 11.8 Å². The van der Waals surface area contributed by atoms with E-state index in [1.807, 2.05) is 5.32 Å². The zero-order valence-corrected chi connectivity index (χ0v) is 8.47. The van der Waals surface area contributed by atoms with E-state index < -0.39 is 23.8 Å². The second-order valence-corrected chi connectivity index (χ2v) is 3.70. The first-order chi connectivity index (χ1) is 6.43. The number of aliphatic carboxylic acids is 1. The van der Waals surface area contributed by atoms with Crippen molar-refractivity contribution in [2.45, 2.75) is 6.92 Å². The molecule has 0 radical (unpaired) electrons. The van der Waals surface area contributed by atoms with E-state index in [0.29, 0.717) is 5.75 Å². The van der Waals surface area contributed by atoms with Gasteiger partial charge in [-0.15, -0.1) is 0 Å². The second-order valence-electron chi connectivity index (χ2n) is 2.67. The molecule has 80 valence electrons. The third-order valence-electron chi connectivity index (χ3n) is 1.29. The lowest BCUT2D eigenvalue weighted by Gasteiger charge is -2.04. The second kappa shape index (κ2) is 6.25. The fourth-order valence-electron chi connectivity index (χ4n) is 0.573. The molecule has 0 spiro atoms. The Morgan fingerprint density at radius 1 is 1.50 bits per heavy atom. The van der Waals surface area contributed by atoms with Gasteiger partial charge in [0, 0.05) is 5.75 Å². The van der Waals surface area contributed by atoms with Crippen molar-refractivity contribution in [1.29, 1.82) is 0 Å². The van der Waals surface area contributed by atoms with E-state index in [-0.39, 0.29) is 5.75 Å². The Morgan fingerprint density at radius 3 is 2.50 bits per heavy atom. The van der Waals surface area contributed by atoms with Crippen molar-refractivity contribution >= 4 is 29.7 Å². The van der Waals surface area contributed by atoms with Crippen molar-refractivity contribution in [1.82, 2.24) is 5.32 Å². The summed E-state index contributed by atoms with van der Waals surface area (Å²) in [4.78, 5) is 31.4. The van der Waals surface area contributed by atoms with Gasteiger partial charge in [0.15, 0.2) is 0 Å². The van der Waals surface area contributed by atoms with Crippen LogP contribution < -0.4 is 11.1 Å². The highest BCUT2D eigenvalue weighted by Gasteiger charge is 2.12. The topological polar surface area (TPSA) is 109 Å². The third kappa shape index (κ3) is 6.30. The first-order valence-corrected chi connectivity index (χ1v) is 4.98. The van der Waals surface area contributed by atoms with Crippen LogP contribution in [-0.2, 0) is 9.59 Å². The number of hydrogen-bond acceptors (Lipinski definition) is 4. The predicted octanol–water partition coefficient (Wildman–Crippen LogP) is -0.365. The summed E-state index contributed by atoms with van der Waals surface area (Å²) in [6.45, 7) is 1.54. The number of carboxylic acids is 1. The van der Waals surface area contributed by atoms with Gasteiger partial charge in [-0.1, -0.05) is 6.92 Å². The van der Waals surface area contributed by atoms with E-state index in [1.165, 1.54) is 0 Å². The number of carbonyl (C=O) groups is 3. The number of carbonyl (C=O) groups excluding carboxylic acids is 2. The SMILES string of the molecule is CC(CSCC(=O)NC(N)=O)C(=O)O. The molecular formula is C7H12N2O4S. The van der Waals surface area contributed by atoms with Crippen LogP contribution >= 0.6 is 11.8 Å². The highest BCUT2D eigenvalue weighted by atomic mass is 32.2. The zero-order valence-electron chi connectivity index (χ0n) is 7.65. The van der Waals surface area contributed by atoms with Gasteiger partial charge in [-0.05, 0) is 0 Å². The van der Waals surface area contributed by atoms with Crippen molar-refractivity contribution in [2.24, 2.45) is 11.7 Å². The number of hydrogen-bond donors (Lipinski definition) is 3. The maximum atomic E-state index is 10.8. The molecule has 0 aromatic carbocycles. The molecule has 0 saturated heterocycles. The number of amides is 3. The molecule has 0 aliphatic carbocycles. The molecule has 0 aromatic heterocycles. The van der Waals surface area contributed by atoms with Crippen LogP contribution in [0.5, 0.6) is 0 Å². The van der Waals surface area contributed by atoms with Crippen molar-refractivity contribution < 1.29 is 19.5 Å². The lowest BCUT2D eigenvalue weighted by atomic mass is 10.2. The van der Waals surface area contributed by atoms with Crippen LogP contribution in [0.25, 0.3) is 0 Å². The van der Waals surface area contributed by atoms with Gasteiger partial charge in [-0.2, -0.15) is 11.8 Å². The van der Waals surface area contributed by atoms with Gasteiger partial charge in [-0.25, -0.2) is 4.79 Å². The Hall–Kier alpha value is -1.24. The molecule has 4 N–H and O–H groups in total. The minimum Gasteiger partial charge on any atom is -0.481 e. The van der Waals surface area contributed by atoms with Crippen LogP contribution in [0.15, 0.2) is 0 Å². The number of urea groups is 1. The molecule has 1 unspecified atom stereocenters. The number of primary amides is 1. The molecule has 0 aliphatic heterocycles. The van der Waals surface area contributed by atoms with Gasteiger partial charge in [0.25, 0.3) is 0 Å². The number of nitrogens with two attached hydrogens (primary N) is 1. The maximum Gasteiger partial charge on any atom is 0.318 e. The monoisotopic (exact) mass is 220 g/mol. The van der Waals surface area contributed by atoms with Gasteiger partial charge >= 0.3 is 12.0 Å². The maximum absolute atomic E-state index is 10.8. The lowest BCUT2D eigenvalue weighted by molar-refractivity contribution is -0.140. The molecule has 0 fully saturated rings. The minimum atomic E-state index is -0.909. The van der Waals surface area contributed by atoms with Gasteiger partial charge in [-0.3, -0.25) is 14.9 Å². The first kappa shape index (κ1) is 12.8. The van der Waals surface area contributed by atoms with Crippen molar-refractivity contribution in [3.63, 3.8) is 0 Å². The quantitative estimate of drug-likeness (QED) is 0.586. The van der Waals surface area contributed by atoms with Gasteiger partial charge < -0.3 is 10.8 Å². The largest absolute Gasteiger partial charge is 0.481 e. The average Bonchev–Trinajstić information content (AvgIpc) is 2.02. The summed E-state index contributed by atoms with van der Waals surface area (Å²) in [5.74, 6) is -1.59. The van der Waals surface area contributed by atoms with E-state index in [9.17, 15) is 14.4 Å². The van der Waals surface area contributed by atoms with Crippen LogP contribution in [0, 0.1) is 5.92 Å². The van der Waals surface area contributed by atoms with Crippen LogP contribution in [-0.4, -0.2) is 34.5 Å². The summed E-state index contributed by atoms with van der Waals surface area (Å²) in [6, 6.07) is -0.901. The number of rotatable bonds is 5. The normalized spacial score (nSPS) is 11.8.